The molecule has 19 heavy (non-hydrogen) atoms. The third-order valence-corrected chi connectivity index (χ3v) is 3.33. The molecule has 2 rings (SSSR count). The lowest BCUT2D eigenvalue weighted by molar-refractivity contribution is 0.478. The molecule has 0 aliphatic carbocycles. The van der Waals surface area contributed by atoms with Gasteiger partial charge in [0.2, 0.25) is 0 Å². The Balaban J connectivity index is 2.29. The lowest BCUT2D eigenvalue weighted by atomic mass is 10.0. The Labute approximate surface area is 115 Å². The number of rotatable bonds is 5. The fourth-order valence-electron chi connectivity index (χ4n) is 1.96. The molecule has 2 aromatic rings. The number of nitrogens with zero attached hydrogens (tertiary/aromatic N) is 3. The predicted octanol–water partition coefficient (Wildman–Crippen LogP) is 1.84. The van der Waals surface area contributed by atoms with Gasteiger partial charge in [-0.1, -0.05) is 22.9 Å². The van der Waals surface area contributed by atoms with Crippen molar-refractivity contribution in [2.75, 3.05) is 0 Å². The van der Waals surface area contributed by atoms with Crippen molar-refractivity contribution in [2.45, 2.75) is 25.9 Å². The highest BCUT2D eigenvalue weighted by Gasteiger charge is 2.19. The van der Waals surface area contributed by atoms with Gasteiger partial charge >= 0.3 is 0 Å². The number of nitrogens with two attached hydrogens (primary N) is 1. The number of hydrogen-bond donors (Lipinski definition) is 2. The van der Waals surface area contributed by atoms with Gasteiger partial charge in [0, 0.05) is 17.1 Å². The van der Waals surface area contributed by atoms with Crippen LogP contribution in [0, 0.1) is 5.82 Å². The third kappa shape index (κ3) is 2.91. The zero-order chi connectivity index (χ0) is 13.8. The van der Waals surface area contributed by atoms with E-state index in [0.29, 0.717) is 23.6 Å². The van der Waals surface area contributed by atoms with Crippen LogP contribution in [0.5, 0.6) is 0 Å². The molecule has 0 spiro atoms. The van der Waals surface area contributed by atoms with Crippen LogP contribution in [0.15, 0.2) is 24.4 Å². The maximum Gasteiger partial charge on any atom is 0.127 e. The molecule has 3 N–H and O–H groups in total. The number of hydrogen-bond acceptors (Lipinski definition) is 4. The highest BCUT2D eigenvalue weighted by Crippen LogP contribution is 2.25. The van der Waals surface area contributed by atoms with E-state index in [4.69, 9.17) is 17.4 Å². The summed E-state index contributed by atoms with van der Waals surface area (Å²) in [7, 11) is 0. The molecule has 1 unspecified atom stereocenters. The van der Waals surface area contributed by atoms with E-state index in [0.717, 1.165) is 5.69 Å². The van der Waals surface area contributed by atoms with Crippen molar-refractivity contribution in [2.24, 2.45) is 5.84 Å². The van der Waals surface area contributed by atoms with Crippen molar-refractivity contribution >= 4 is 11.6 Å². The van der Waals surface area contributed by atoms with Gasteiger partial charge in [-0.3, -0.25) is 11.3 Å². The number of aromatic nitrogens is 3. The summed E-state index contributed by atoms with van der Waals surface area (Å²) < 4.78 is 15.5. The number of hydrazine groups is 1. The summed E-state index contributed by atoms with van der Waals surface area (Å²) in [6.07, 6.45) is 1.94. The Bertz CT molecular complexity index is 537. The van der Waals surface area contributed by atoms with E-state index < -0.39 is 0 Å². The molecular weight excluding hydrogens is 269 g/mol. The molecule has 1 aromatic carbocycles. The number of halogens is 2. The molecule has 0 aliphatic heterocycles. The van der Waals surface area contributed by atoms with Crippen LogP contribution in [-0.4, -0.2) is 15.0 Å². The van der Waals surface area contributed by atoms with E-state index in [9.17, 15) is 4.39 Å². The first-order valence-corrected chi connectivity index (χ1v) is 6.32. The fourth-order valence-corrected chi connectivity index (χ4v) is 2.20. The second kappa shape index (κ2) is 6.10. The molecule has 0 aliphatic rings. The Kier molecular flexibility index (Phi) is 4.47. The second-order valence-electron chi connectivity index (χ2n) is 4.10. The fraction of sp³-hybridized carbons (Fsp3) is 0.333. The Morgan fingerprint density at radius 3 is 2.95 bits per heavy atom. The molecule has 0 amide bonds. The lowest BCUT2D eigenvalue weighted by Crippen LogP contribution is -2.31. The summed E-state index contributed by atoms with van der Waals surface area (Å²) in [5.74, 6) is 5.21. The van der Waals surface area contributed by atoms with E-state index in [1.807, 2.05) is 6.92 Å². The molecule has 5 nitrogen and oxygen atoms in total. The van der Waals surface area contributed by atoms with Crippen molar-refractivity contribution in [3.05, 3.63) is 46.5 Å². The predicted molar refractivity (Wildman–Crippen MR) is 70.9 cm³/mol. The average Bonchev–Trinajstić information content (AvgIpc) is 2.87. The van der Waals surface area contributed by atoms with E-state index in [1.54, 1.807) is 23.0 Å². The van der Waals surface area contributed by atoms with E-state index in [-0.39, 0.29) is 11.9 Å². The van der Waals surface area contributed by atoms with Gasteiger partial charge in [0.05, 0.1) is 17.9 Å². The molecule has 1 heterocycles. The first-order chi connectivity index (χ1) is 9.17. The molecule has 0 bridgehead atoms. The molecule has 7 heteroatoms. The van der Waals surface area contributed by atoms with Gasteiger partial charge in [0.1, 0.15) is 5.82 Å². The Hall–Kier alpha value is -1.50. The third-order valence-electron chi connectivity index (χ3n) is 2.98. The van der Waals surface area contributed by atoms with Crippen molar-refractivity contribution in [1.29, 1.82) is 0 Å². The van der Waals surface area contributed by atoms with Crippen LogP contribution in [0.25, 0.3) is 0 Å². The van der Waals surface area contributed by atoms with Crippen molar-refractivity contribution in [1.82, 2.24) is 20.4 Å². The van der Waals surface area contributed by atoms with Crippen LogP contribution in [0.4, 0.5) is 4.39 Å². The zero-order valence-corrected chi connectivity index (χ0v) is 11.2. The minimum absolute atomic E-state index is 0.302. The first kappa shape index (κ1) is 13.9. The molecule has 0 radical (unpaired) electrons. The molecule has 1 atom stereocenters. The molecule has 0 saturated carbocycles. The normalized spacial score (nSPS) is 12.6. The number of nitrogens with one attached hydrogen (secondary N) is 1. The van der Waals surface area contributed by atoms with Crippen LogP contribution in [0.1, 0.15) is 24.2 Å². The van der Waals surface area contributed by atoms with E-state index in [1.165, 1.54) is 6.07 Å². The number of aryl methyl sites for hydroxylation is 1. The van der Waals surface area contributed by atoms with Gasteiger partial charge in [0.25, 0.3) is 0 Å². The Morgan fingerprint density at radius 2 is 2.32 bits per heavy atom. The van der Waals surface area contributed by atoms with Crippen molar-refractivity contribution in [3.63, 3.8) is 0 Å². The van der Waals surface area contributed by atoms with Gasteiger partial charge in [-0.2, -0.15) is 0 Å². The minimum Gasteiger partial charge on any atom is -0.271 e. The molecule has 0 saturated heterocycles. The number of benzene rings is 1. The average molecular weight is 284 g/mol. The summed E-state index contributed by atoms with van der Waals surface area (Å²) in [4.78, 5) is 0. The highest BCUT2D eigenvalue weighted by atomic mass is 35.5. The maximum atomic E-state index is 13.8. The van der Waals surface area contributed by atoms with Crippen LogP contribution in [-0.2, 0) is 13.0 Å². The maximum absolute atomic E-state index is 13.8. The van der Waals surface area contributed by atoms with Gasteiger partial charge in [-0.25, -0.2) is 9.07 Å². The molecule has 0 fully saturated rings. The minimum atomic E-state index is -0.344. The largest absolute Gasteiger partial charge is 0.271 e. The van der Waals surface area contributed by atoms with Crippen molar-refractivity contribution in [3.8, 4) is 0 Å². The lowest BCUT2D eigenvalue weighted by Gasteiger charge is -2.17. The van der Waals surface area contributed by atoms with Gasteiger partial charge in [0.15, 0.2) is 0 Å². The summed E-state index contributed by atoms with van der Waals surface area (Å²) in [5.41, 5.74) is 3.88. The van der Waals surface area contributed by atoms with E-state index >= 15 is 0 Å². The van der Waals surface area contributed by atoms with E-state index in [2.05, 4.69) is 15.7 Å². The quantitative estimate of drug-likeness (QED) is 0.649. The summed E-state index contributed by atoms with van der Waals surface area (Å²) in [6.45, 7) is 2.61. The van der Waals surface area contributed by atoms with Gasteiger partial charge in [-0.15, -0.1) is 5.10 Å². The molecule has 1 aromatic heterocycles. The van der Waals surface area contributed by atoms with Crippen LogP contribution < -0.4 is 11.3 Å². The van der Waals surface area contributed by atoms with Crippen molar-refractivity contribution < 1.29 is 4.39 Å². The second-order valence-corrected chi connectivity index (χ2v) is 4.51. The summed E-state index contributed by atoms with van der Waals surface area (Å²) >= 11 is 6.02. The monoisotopic (exact) mass is 283 g/mol. The topological polar surface area (TPSA) is 68.8 Å². The van der Waals surface area contributed by atoms with Crippen LogP contribution in [0.3, 0.4) is 0 Å². The Morgan fingerprint density at radius 1 is 1.53 bits per heavy atom. The van der Waals surface area contributed by atoms with Crippen LogP contribution >= 0.6 is 11.6 Å². The SMILES string of the molecule is CCn1nncc1C(Cc1c(F)cccc1Cl)NN. The first-order valence-electron chi connectivity index (χ1n) is 5.94. The summed E-state index contributed by atoms with van der Waals surface area (Å²) in [6, 6.07) is 4.31. The van der Waals surface area contributed by atoms with Gasteiger partial charge < -0.3 is 0 Å². The highest BCUT2D eigenvalue weighted by molar-refractivity contribution is 6.31. The molecular formula is C12H15ClFN5. The van der Waals surface area contributed by atoms with Crippen LogP contribution in [0.2, 0.25) is 5.02 Å². The van der Waals surface area contributed by atoms with Gasteiger partial charge in [-0.05, 0) is 25.5 Å². The smallest absolute Gasteiger partial charge is 0.127 e. The standard InChI is InChI=1S/C12H15ClFN5/c1-2-19-12(7-16-18-19)11(17-15)6-8-9(13)4-3-5-10(8)14/h3-5,7,11,17H,2,6,15H2,1H3. The molecule has 102 valence electrons. The zero-order valence-electron chi connectivity index (χ0n) is 10.5. The summed E-state index contributed by atoms with van der Waals surface area (Å²) in [5, 5.41) is 8.16.